The normalized spacial score (nSPS) is 11.4. The summed E-state index contributed by atoms with van der Waals surface area (Å²) < 4.78 is 2.45. The van der Waals surface area contributed by atoms with Crippen LogP contribution in [0.2, 0.25) is 0 Å². The van der Waals surface area contributed by atoms with E-state index in [4.69, 9.17) is 0 Å². The Hall–Kier alpha value is -1.36. The van der Waals surface area contributed by atoms with Gasteiger partial charge in [0.1, 0.15) is 0 Å². The molecule has 0 fully saturated rings. The minimum absolute atomic E-state index is 0.0770. The Morgan fingerprint density at radius 1 is 1.53 bits per heavy atom. The first-order valence-electron chi connectivity index (χ1n) is 5.33. The molecule has 5 heteroatoms. The maximum Gasteiger partial charge on any atom is 0.354 e. The molecule has 0 bridgehead atoms. The number of carbonyl (C=O) groups is 1. The van der Waals surface area contributed by atoms with Gasteiger partial charge in [0.15, 0.2) is 11.3 Å². The molecule has 0 atom stereocenters. The lowest BCUT2D eigenvalue weighted by molar-refractivity contribution is 0.0687. The largest absolute Gasteiger partial charge is 0.477 e. The number of rotatable bonds is 2. The number of imidazole rings is 1. The zero-order chi connectivity index (χ0) is 12.7. The Bertz CT molecular complexity index is 602. The molecular weight excluding hydrogens is 284 g/mol. The standard InChI is InChI=1S/C12H13BrN2O2/c1-6(2)9-10(12(16)17)15-5-7(3)4-8(13)11(15)14-9/h4-6H,1-3H3,(H,16,17). The van der Waals surface area contributed by atoms with Crippen LogP contribution < -0.4 is 0 Å². The topological polar surface area (TPSA) is 54.6 Å². The van der Waals surface area contributed by atoms with E-state index in [1.165, 1.54) is 0 Å². The molecule has 0 aliphatic carbocycles. The van der Waals surface area contributed by atoms with Crippen LogP contribution in [0.1, 0.15) is 41.5 Å². The van der Waals surface area contributed by atoms with Crippen molar-refractivity contribution in [1.29, 1.82) is 0 Å². The third-order valence-corrected chi connectivity index (χ3v) is 3.17. The lowest BCUT2D eigenvalue weighted by Crippen LogP contribution is -2.06. The Labute approximate surface area is 107 Å². The molecule has 0 radical (unpaired) electrons. The number of hydrogen-bond donors (Lipinski definition) is 1. The lowest BCUT2D eigenvalue weighted by Gasteiger charge is -2.03. The maximum atomic E-state index is 11.3. The molecule has 1 N–H and O–H groups in total. The van der Waals surface area contributed by atoms with Crippen molar-refractivity contribution in [2.24, 2.45) is 0 Å². The fourth-order valence-corrected chi connectivity index (χ4v) is 2.51. The molecule has 4 nitrogen and oxygen atoms in total. The van der Waals surface area contributed by atoms with E-state index in [0.29, 0.717) is 11.3 Å². The third kappa shape index (κ3) is 1.95. The molecule has 2 rings (SSSR count). The lowest BCUT2D eigenvalue weighted by atomic mass is 10.1. The summed E-state index contributed by atoms with van der Waals surface area (Å²) in [5, 5.41) is 9.31. The van der Waals surface area contributed by atoms with Gasteiger partial charge in [-0.25, -0.2) is 9.78 Å². The maximum absolute atomic E-state index is 11.3. The van der Waals surface area contributed by atoms with Gasteiger partial charge in [-0.05, 0) is 40.4 Å². The van der Waals surface area contributed by atoms with E-state index < -0.39 is 5.97 Å². The van der Waals surface area contributed by atoms with Crippen molar-refractivity contribution < 1.29 is 9.90 Å². The van der Waals surface area contributed by atoms with E-state index >= 15 is 0 Å². The van der Waals surface area contributed by atoms with E-state index in [1.807, 2.05) is 26.8 Å². The number of carboxylic acid groups (broad SMARTS) is 1. The summed E-state index contributed by atoms with van der Waals surface area (Å²) >= 11 is 3.42. The molecule has 2 aromatic rings. The first-order chi connectivity index (χ1) is 7.91. The van der Waals surface area contributed by atoms with E-state index in [2.05, 4.69) is 20.9 Å². The third-order valence-electron chi connectivity index (χ3n) is 2.59. The van der Waals surface area contributed by atoms with Crippen LogP contribution in [0.4, 0.5) is 0 Å². The summed E-state index contributed by atoms with van der Waals surface area (Å²) in [6, 6.07) is 1.93. The minimum atomic E-state index is -0.946. The van der Waals surface area contributed by atoms with Crippen molar-refractivity contribution in [2.45, 2.75) is 26.7 Å². The second kappa shape index (κ2) is 4.14. The van der Waals surface area contributed by atoms with Gasteiger partial charge in [-0.15, -0.1) is 0 Å². The first kappa shape index (κ1) is 12.1. The van der Waals surface area contributed by atoms with Gasteiger partial charge in [0, 0.05) is 6.20 Å². The van der Waals surface area contributed by atoms with Gasteiger partial charge in [-0.1, -0.05) is 13.8 Å². The van der Waals surface area contributed by atoms with Gasteiger partial charge in [0.25, 0.3) is 0 Å². The van der Waals surface area contributed by atoms with E-state index in [9.17, 15) is 9.90 Å². The van der Waals surface area contributed by atoms with Crippen molar-refractivity contribution in [3.63, 3.8) is 0 Å². The fourth-order valence-electron chi connectivity index (χ4n) is 1.86. The molecule has 0 aromatic carbocycles. The summed E-state index contributed by atoms with van der Waals surface area (Å²) in [5.74, 6) is -0.869. The van der Waals surface area contributed by atoms with Crippen molar-refractivity contribution in [2.75, 3.05) is 0 Å². The molecule has 0 aliphatic heterocycles. The second-order valence-electron chi connectivity index (χ2n) is 4.36. The van der Waals surface area contributed by atoms with Crippen LogP contribution in [-0.2, 0) is 0 Å². The number of aryl methyl sites for hydroxylation is 1. The summed E-state index contributed by atoms with van der Waals surface area (Å²) in [6.45, 7) is 5.80. The van der Waals surface area contributed by atoms with E-state index in [1.54, 1.807) is 10.6 Å². The van der Waals surface area contributed by atoms with Gasteiger partial charge >= 0.3 is 5.97 Å². The van der Waals surface area contributed by atoms with Gasteiger partial charge < -0.3 is 5.11 Å². The van der Waals surface area contributed by atoms with Gasteiger partial charge in [-0.2, -0.15) is 0 Å². The minimum Gasteiger partial charge on any atom is -0.477 e. The van der Waals surface area contributed by atoms with Crippen molar-refractivity contribution in [1.82, 2.24) is 9.38 Å². The van der Waals surface area contributed by atoms with Crippen LogP contribution in [0, 0.1) is 6.92 Å². The molecule has 17 heavy (non-hydrogen) atoms. The Kier molecular flexibility index (Phi) is 2.95. The number of pyridine rings is 1. The molecule has 0 saturated heterocycles. The Morgan fingerprint density at radius 2 is 2.18 bits per heavy atom. The molecular formula is C12H13BrN2O2. The van der Waals surface area contributed by atoms with E-state index in [-0.39, 0.29) is 11.6 Å². The van der Waals surface area contributed by atoms with E-state index in [0.717, 1.165) is 10.0 Å². The van der Waals surface area contributed by atoms with Crippen molar-refractivity contribution >= 4 is 27.5 Å². The first-order valence-corrected chi connectivity index (χ1v) is 6.12. The highest BCUT2D eigenvalue weighted by molar-refractivity contribution is 9.10. The average Bonchev–Trinajstić information content (AvgIpc) is 2.56. The molecule has 2 aromatic heterocycles. The van der Waals surface area contributed by atoms with Crippen LogP contribution in [0.3, 0.4) is 0 Å². The number of hydrogen-bond acceptors (Lipinski definition) is 2. The molecule has 0 saturated carbocycles. The molecule has 0 spiro atoms. The predicted molar refractivity (Wildman–Crippen MR) is 68.7 cm³/mol. The number of aromatic carboxylic acids is 1. The number of halogens is 1. The van der Waals surface area contributed by atoms with Crippen LogP contribution in [0.15, 0.2) is 16.7 Å². The monoisotopic (exact) mass is 296 g/mol. The zero-order valence-corrected chi connectivity index (χ0v) is 11.4. The summed E-state index contributed by atoms with van der Waals surface area (Å²) in [5.41, 5.74) is 2.50. The quantitative estimate of drug-likeness (QED) is 0.926. The number of fused-ring (bicyclic) bond motifs is 1. The number of nitrogens with zero attached hydrogens (tertiary/aromatic N) is 2. The molecule has 0 unspecified atom stereocenters. The van der Waals surface area contributed by atoms with Crippen LogP contribution >= 0.6 is 15.9 Å². The van der Waals surface area contributed by atoms with Crippen molar-refractivity contribution in [3.8, 4) is 0 Å². The predicted octanol–water partition coefficient (Wildman–Crippen LogP) is 3.23. The van der Waals surface area contributed by atoms with Crippen LogP contribution in [-0.4, -0.2) is 20.5 Å². The van der Waals surface area contributed by atoms with Crippen molar-refractivity contribution in [3.05, 3.63) is 33.7 Å². The molecule has 0 amide bonds. The molecule has 2 heterocycles. The van der Waals surface area contributed by atoms with Crippen LogP contribution in [0.5, 0.6) is 0 Å². The number of aromatic nitrogens is 2. The molecule has 0 aliphatic rings. The Morgan fingerprint density at radius 3 is 2.71 bits per heavy atom. The smallest absolute Gasteiger partial charge is 0.354 e. The highest BCUT2D eigenvalue weighted by Gasteiger charge is 2.21. The average molecular weight is 297 g/mol. The second-order valence-corrected chi connectivity index (χ2v) is 5.22. The summed E-state index contributed by atoms with van der Waals surface area (Å²) in [4.78, 5) is 15.8. The Balaban J connectivity index is 2.90. The van der Waals surface area contributed by atoms with Gasteiger partial charge in [0.2, 0.25) is 0 Å². The summed E-state index contributed by atoms with van der Waals surface area (Å²) in [6.07, 6.45) is 1.79. The fraction of sp³-hybridized carbons (Fsp3) is 0.333. The zero-order valence-electron chi connectivity index (χ0n) is 9.86. The highest BCUT2D eigenvalue weighted by Crippen LogP contribution is 2.26. The summed E-state index contributed by atoms with van der Waals surface area (Å²) in [7, 11) is 0. The van der Waals surface area contributed by atoms with Crippen LogP contribution in [0.25, 0.3) is 5.65 Å². The SMILES string of the molecule is Cc1cc(Br)c2nc(C(C)C)c(C(=O)O)n2c1. The highest BCUT2D eigenvalue weighted by atomic mass is 79.9. The number of carboxylic acids is 1. The van der Waals surface area contributed by atoms with Gasteiger partial charge in [0.05, 0.1) is 10.2 Å². The molecule has 90 valence electrons. The van der Waals surface area contributed by atoms with Gasteiger partial charge in [-0.3, -0.25) is 4.40 Å².